The van der Waals surface area contributed by atoms with Gasteiger partial charge in [-0.3, -0.25) is 38.1 Å². The normalized spacial score (nSPS) is 11.9. The second kappa shape index (κ2) is 33.4. The van der Waals surface area contributed by atoms with Crippen molar-refractivity contribution in [1.29, 1.82) is 0 Å². The maximum atomic E-state index is 14.2. The fourth-order valence-corrected chi connectivity index (χ4v) is 20.2. The molecule has 0 aliphatic carbocycles. The number of para-hydroxylation sites is 10. The first-order valence-corrected chi connectivity index (χ1v) is 45.9. The first kappa shape index (κ1) is 86.7. The van der Waals surface area contributed by atoms with Crippen molar-refractivity contribution in [1.82, 2.24) is 36.5 Å². The van der Waals surface area contributed by atoms with Gasteiger partial charge in [0.25, 0.3) is 11.0 Å². The fourth-order valence-electron chi connectivity index (χ4n) is 20.2. The van der Waals surface area contributed by atoms with Crippen molar-refractivity contribution in [2.75, 3.05) is 0 Å². The number of aryl methyl sites for hydroxylation is 3. The van der Waals surface area contributed by atoms with Gasteiger partial charge >= 0.3 is 0 Å². The fraction of sp³-hybridized carbons (Fsp3) is 0.0917. The first-order valence-electron chi connectivity index (χ1n) is 45.9. The Morgan fingerprint density at radius 1 is 0.194 bits per heavy atom. The van der Waals surface area contributed by atoms with Gasteiger partial charge in [-0.2, -0.15) is 0 Å². The van der Waals surface area contributed by atoms with E-state index in [1.54, 1.807) is 35.4 Å². The summed E-state index contributed by atoms with van der Waals surface area (Å²) in [6, 6.07) is 115. The van der Waals surface area contributed by atoms with Crippen molar-refractivity contribution in [3.63, 3.8) is 0 Å². The lowest BCUT2D eigenvalue weighted by Gasteiger charge is -2.22. The van der Waals surface area contributed by atoms with Crippen molar-refractivity contribution >= 4 is 175 Å². The van der Waals surface area contributed by atoms with E-state index >= 15 is 0 Å². The first-order chi connectivity index (χ1) is 67.2. The minimum atomic E-state index is -0.438. The molecule has 0 radical (unpaired) electrons. The second-order valence-electron chi connectivity index (χ2n) is 37.5. The zero-order chi connectivity index (χ0) is 96.0. The van der Waals surface area contributed by atoms with E-state index in [1.165, 1.54) is 47.5 Å². The number of rotatable bonds is 5. The summed E-state index contributed by atoms with van der Waals surface area (Å²) < 4.78 is 44.3. The molecular formula is C120H88F2N9O8+. The zero-order valence-corrected chi connectivity index (χ0v) is 77.3. The van der Waals surface area contributed by atoms with Gasteiger partial charge in [0.1, 0.15) is 22.7 Å². The molecule has 25 aromatic rings. The van der Waals surface area contributed by atoms with Crippen molar-refractivity contribution < 1.29 is 13.2 Å². The van der Waals surface area contributed by atoms with Gasteiger partial charge in [0.05, 0.1) is 81.7 Å². The molecule has 0 N–H and O–H groups in total. The van der Waals surface area contributed by atoms with Crippen LogP contribution in [-0.2, 0) is 32.0 Å². The minimum absolute atomic E-state index is 0.0135. The van der Waals surface area contributed by atoms with E-state index in [0.717, 1.165) is 77.0 Å². The Kier molecular flexibility index (Phi) is 20.8. The quantitative estimate of drug-likeness (QED) is 0.120. The van der Waals surface area contributed by atoms with E-state index in [-0.39, 0.29) is 48.8 Å². The van der Waals surface area contributed by atoms with Crippen LogP contribution in [0.5, 0.6) is 0 Å². The topological polar surface area (TPSA) is 182 Å². The molecule has 0 amide bonds. The number of aromatic nitrogens is 9. The van der Waals surface area contributed by atoms with E-state index in [9.17, 15) is 47.2 Å². The summed E-state index contributed by atoms with van der Waals surface area (Å²) in [5.41, 5.74) is 18.7. The Hall–Kier alpha value is -17.7. The van der Waals surface area contributed by atoms with E-state index < -0.39 is 11.6 Å². The van der Waals surface area contributed by atoms with Crippen molar-refractivity contribution in [2.24, 2.45) is 21.1 Å². The van der Waals surface area contributed by atoms with Crippen LogP contribution in [0, 0.1) is 16.5 Å². The van der Waals surface area contributed by atoms with Gasteiger partial charge in [-0.05, 0) is 228 Å². The molecule has 0 saturated heterocycles. The maximum Gasteiger partial charge on any atom is 0.289 e. The number of nitrogens with zero attached hydrogens (tertiary/aromatic N) is 9. The average Bonchev–Trinajstić information content (AvgIpc) is 0.720. The van der Waals surface area contributed by atoms with E-state index in [0.29, 0.717) is 131 Å². The lowest BCUT2D eigenvalue weighted by Crippen LogP contribution is -2.21. The molecule has 0 aliphatic heterocycles. The highest BCUT2D eigenvalue weighted by atomic mass is 19.1. The molecule has 8 heterocycles. The average molecular weight is 1820 g/mol. The molecule has 0 spiro atoms. The van der Waals surface area contributed by atoms with Gasteiger partial charge in [0.15, 0.2) is 38.0 Å². The predicted molar refractivity (Wildman–Crippen MR) is 564 cm³/mol. The molecular weight excluding hydrogens is 1730 g/mol. The summed E-state index contributed by atoms with van der Waals surface area (Å²) in [5.74, 6) is -0.877. The van der Waals surface area contributed by atoms with E-state index in [1.807, 2.05) is 285 Å². The molecule has 0 saturated carbocycles. The molecule has 0 atom stereocenters. The monoisotopic (exact) mass is 1820 g/mol. The summed E-state index contributed by atoms with van der Waals surface area (Å²) in [6.45, 7) is 13.2. The molecule has 674 valence electrons. The van der Waals surface area contributed by atoms with Gasteiger partial charge in [0.2, 0.25) is 0 Å². The highest BCUT2D eigenvalue weighted by Gasteiger charge is 2.28. The maximum absolute atomic E-state index is 14.2. The predicted octanol–water partition coefficient (Wildman–Crippen LogP) is 24.5. The van der Waals surface area contributed by atoms with Gasteiger partial charge < -0.3 is 32.0 Å². The third-order valence-corrected chi connectivity index (χ3v) is 27.2. The van der Waals surface area contributed by atoms with Crippen LogP contribution >= 0.6 is 0 Å². The summed E-state index contributed by atoms with van der Waals surface area (Å²) >= 11 is 0. The van der Waals surface area contributed by atoms with Gasteiger partial charge in [-0.25, -0.2) is 8.78 Å². The van der Waals surface area contributed by atoms with Crippen molar-refractivity contribution in [2.45, 2.75) is 52.4 Å². The lowest BCUT2D eigenvalue weighted by molar-refractivity contribution is -0.432. The molecule has 0 aliphatic rings. The van der Waals surface area contributed by atoms with Crippen molar-refractivity contribution in [3.05, 3.63) is 469 Å². The zero-order valence-electron chi connectivity index (χ0n) is 77.3. The second-order valence-corrected chi connectivity index (χ2v) is 37.5. The number of fused-ring (bicyclic) bond motifs is 16. The highest BCUT2D eigenvalue weighted by Crippen LogP contribution is 2.38. The standard InChI is InChI=1S/C40H36N2O2.C31H20N3O2.C27H18N2O2.C22H14F2N2O2/c1-39(2,3)25-15-19-27(20-16-25)41-33-13-9-7-11-29(33)37(43)31-24-36-32(23-35(31)41)38(44)30-12-8-10-14-34(30)42(36)28-21-17-26(18-22-28)40(4,5)6;35-31-23-15-7-8-16-25(23)32(21-11-3-1-4-12-21)28-20-30-29(19-24(28)31)33(22-13-5-2-6-14-22)26-17-9-10-18-27(26)34(30)36;1-28-22-13-7-5-11-18(22)26(30)20-16-25-21(15-24(20)28)27(31)19-12-6-8-14-23(19)29(25)17-9-3-2-4-10-17;1-25-17-7-11(23)3-5-13(17)21(27)15-10-20-16(9-19(15)25)22(28)14-6-4-12(24)8-18(14)26(20)2/h7-24H,1-6H3;1-20H;2-16H,1H3;3-10H,1-2H3/q;+1;;. The van der Waals surface area contributed by atoms with Crippen LogP contribution in [0.25, 0.3) is 203 Å². The Bertz CT molecular complexity index is 9670. The van der Waals surface area contributed by atoms with Crippen LogP contribution in [0.2, 0.25) is 0 Å². The molecule has 25 rings (SSSR count). The van der Waals surface area contributed by atoms with Gasteiger partial charge in [0, 0.05) is 142 Å². The molecule has 0 fully saturated rings. The molecule has 8 aromatic heterocycles. The Labute approximate surface area is 790 Å². The molecule has 17 nitrogen and oxygen atoms in total. The molecule has 139 heavy (non-hydrogen) atoms. The van der Waals surface area contributed by atoms with Crippen LogP contribution in [0.3, 0.4) is 0 Å². The van der Waals surface area contributed by atoms with Crippen LogP contribution < -0.4 is 42.4 Å². The minimum Gasteiger partial charge on any atom is -0.343 e. The number of hydrogen-bond donors (Lipinski definition) is 0. The van der Waals surface area contributed by atoms with Gasteiger partial charge in [-0.15, -0.1) is 0 Å². The summed E-state index contributed by atoms with van der Waals surface area (Å²) in [6.07, 6.45) is 0. The third-order valence-electron chi connectivity index (χ3n) is 27.2. The summed E-state index contributed by atoms with van der Waals surface area (Å²) in [4.78, 5) is 109. The third kappa shape index (κ3) is 14.4. The van der Waals surface area contributed by atoms with Crippen molar-refractivity contribution in [3.8, 4) is 28.4 Å². The Morgan fingerprint density at radius 2 is 0.417 bits per heavy atom. The number of benzene rings is 17. The number of halogens is 2. The van der Waals surface area contributed by atoms with Crippen LogP contribution in [0.4, 0.5) is 8.78 Å². The number of pyridine rings is 7. The molecule has 17 aromatic carbocycles. The molecule has 0 bridgehead atoms. The van der Waals surface area contributed by atoms with Crippen LogP contribution in [-0.4, -0.2) is 36.5 Å². The van der Waals surface area contributed by atoms with E-state index in [2.05, 4.69) is 113 Å². The van der Waals surface area contributed by atoms with E-state index in [4.69, 9.17) is 0 Å². The number of hydrogen-bond acceptors (Lipinski definition) is 8. The largest absolute Gasteiger partial charge is 0.343 e. The molecule has 19 heteroatoms. The van der Waals surface area contributed by atoms with Crippen LogP contribution in [0.15, 0.2) is 404 Å². The lowest BCUT2D eigenvalue weighted by atomic mass is 9.87. The molecule has 0 unspecified atom stereocenters. The van der Waals surface area contributed by atoms with Crippen LogP contribution in [0.1, 0.15) is 52.7 Å². The van der Waals surface area contributed by atoms with Gasteiger partial charge in [-0.1, -0.05) is 193 Å². The highest BCUT2D eigenvalue weighted by molar-refractivity contribution is 6.09. The Balaban J connectivity index is 0.000000108. The smallest absolute Gasteiger partial charge is 0.289 e. The Morgan fingerprint density at radius 3 is 0.741 bits per heavy atom. The summed E-state index contributed by atoms with van der Waals surface area (Å²) in [7, 11) is 5.40. The summed E-state index contributed by atoms with van der Waals surface area (Å²) in [5, 5.41) is 7.78. The SMILES string of the molecule is CC(C)(C)c1ccc(-n2c3ccccc3c(=O)c3cc4c(cc32)c(=O)c2ccccc2n4-c2ccc(C(C)(C)C)cc2)cc1.Cn1c2cc(F)ccc2c(=O)c2cc3c(cc21)c(=O)c1ccc(F)cc1n3C.Cn1c2ccccc2c(=O)c2cc3c(cc21)c(=O)c1ccccc1n3-c1ccccc1.O=c1c2ccccc2n(-c2ccccc2)c2cc3c(cc12)n(-c1ccccc1)c1ccccc1[n+]3=O.